The predicted molar refractivity (Wildman–Crippen MR) is 139 cm³/mol. The number of fused-ring (bicyclic) bond motifs is 1. The lowest BCUT2D eigenvalue weighted by molar-refractivity contribution is 0.336. The Bertz CT molecular complexity index is 1260. The maximum atomic E-state index is 5.73. The number of aryl methyl sites for hydroxylation is 4. The Hall–Kier alpha value is -3.54. The highest BCUT2D eigenvalue weighted by molar-refractivity contribution is 5.98. The van der Waals surface area contributed by atoms with Crippen molar-refractivity contribution in [3.63, 3.8) is 0 Å². The molecule has 0 amide bonds. The Labute approximate surface area is 201 Å². The Kier molecular flexibility index (Phi) is 7.36. The van der Waals surface area contributed by atoms with E-state index in [0.29, 0.717) is 6.61 Å². The van der Waals surface area contributed by atoms with Crippen LogP contribution in [0.5, 0.6) is 11.5 Å². The number of ether oxygens (including phenoxy) is 2. The summed E-state index contributed by atoms with van der Waals surface area (Å²) in [5.74, 6) is 2.41. The average Bonchev–Trinajstić information content (AvgIpc) is 3.12. The average molecular weight is 459 g/mol. The molecule has 2 aromatic carbocycles. The van der Waals surface area contributed by atoms with Crippen molar-refractivity contribution in [2.75, 3.05) is 25.6 Å². The Morgan fingerprint density at radius 3 is 2.41 bits per heavy atom. The van der Waals surface area contributed by atoms with Crippen LogP contribution in [0.1, 0.15) is 42.4 Å². The molecule has 4 rings (SSSR count). The van der Waals surface area contributed by atoms with E-state index in [9.17, 15) is 0 Å². The number of hydrogen-bond donors (Lipinski definition) is 1. The van der Waals surface area contributed by atoms with Crippen molar-refractivity contribution < 1.29 is 9.47 Å². The fourth-order valence-electron chi connectivity index (χ4n) is 4.68. The highest BCUT2D eigenvalue weighted by atomic mass is 16.5. The van der Waals surface area contributed by atoms with Gasteiger partial charge in [-0.15, -0.1) is 5.10 Å². The van der Waals surface area contributed by atoms with Crippen molar-refractivity contribution in [2.45, 2.75) is 47.0 Å². The summed E-state index contributed by atoms with van der Waals surface area (Å²) >= 11 is 0. The van der Waals surface area contributed by atoms with Gasteiger partial charge in [0.25, 0.3) is 0 Å². The first-order chi connectivity index (χ1) is 16.5. The number of methoxy groups -OCH3 is 1. The highest BCUT2D eigenvalue weighted by Crippen LogP contribution is 2.37. The van der Waals surface area contributed by atoms with Crippen molar-refractivity contribution >= 4 is 16.6 Å². The van der Waals surface area contributed by atoms with Gasteiger partial charge in [-0.05, 0) is 64.7 Å². The molecule has 0 radical (unpaired) electrons. The molecule has 0 bridgehead atoms. The SMILES string of the molecule is CCOc1ccc(-n2c(C)c3c(C)nnc(NCCCCc4ccccc4)c3c2C)c(OC)c1. The van der Waals surface area contributed by atoms with E-state index in [0.717, 1.165) is 76.7 Å². The van der Waals surface area contributed by atoms with Crippen molar-refractivity contribution in [1.82, 2.24) is 14.8 Å². The molecule has 0 spiro atoms. The molecule has 2 aromatic heterocycles. The third kappa shape index (κ3) is 4.72. The summed E-state index contributed by atoms with van der Waals surface area (Å²) in [7, 11) is 1.69. The van der Waals surface area contributed by atoms with Crippen LogP contribution in [-0.4, -0.2) is 35.0 Å². The van der Waals surface area contributed by atoms with Crippen molar-refractivity contribution in [1.29, 1.82) is 0 Å². The van der Waals surface area contributed by atoms with Crippen LogP contribution < -0.4 is 14.8 Å². The number of nitrogens with one attached hydrogen (secondary N) is 1. The van der Waals surface area contributed by atoms with Gasteiger partial charge in [0.05, 0.1) is 25.1 Å². The van der Waals surface area contributed by atoms with Crippen LogP contribution in [0.4, 0.5) is 5.82 Å². The van der Waals surface area contributed by atoms with Gasteiger partial charge < -0.3 is 19.4 Å². The molecule has 0 saturated heterocycles. The second kappa shape index (κ2) is 10.6. The zero-order valence-corrected chi connectivity index (χ0v) is 20.8. The summed E-state index contributed by atoms with van der Waals surface area (Å²) in [5.41, 5.74) is 5.52. The second-order valence-corrected chi connectivity index (χ2v) is 8.53. The molecule has 0 unspecified atom stereocenters. The van der Waals surface area contributed by atoms with Crippen molar-refractivity contribution in [3.05, 3.63) is 71.2 Å². The first-order valence-corrected chi connectivity index (χ1v) is 12.0. The fourth-order valence-corrected chi connectivity index (χ4v) is 4.68. The zero-order valence-electron chi connectivity index (χ0n) is 20.8. The lowest BCUT2D eigenvalue weighted by Crippen LogP contribution is -2.06. The molecule has 6 nitrogen and oxygen atoms in total. The van der Waals surface area contributed by atoms with Crippen molar-refractivity contribution in [2.24, 2.45) is 0 Å². The molecule has 2 heterocycles. The lowest BCUT2D eigenvalue weighted by Gasteiger charge is -2.15. The van der Waals surface area contributed by atoms with E-state index in [4.69, 9.17) is 9.47 Å². The number of anilines is 1. The molecule has 0 fully saturated rings. The van der Waals surface area contributed by atoms with E-state index >= 15 is 0 Å². The molecule has 34 heavy (non-hydrogen) atoms. The maximum Gasteiger partial charge on any atom is 0.158 e. The van der Waals surface area contributed by atoms with Crippen molar-refractivity contribution in [3.8, 4) is 17.2 Å². The second-order valence-electron chi connectivity index (χ2n) is 8.53. The van der Waals surface area contributed by atoms with Gasteiger partial charge in [0.1, 0.15) is 11.5 Å². The van der Waals surface area contributed by atoms with Crippen LogP contribution >= 0.6 is 0 Å². The van der Waals surface area contributed by atoms with E-state index < -0.39 is 0 Å². The number of rotatable bonds is 10. The van der Waals surface area contributed by atoms with E-state index in [1.807, 2.05) is 26.0 Å². The number of unbranched alkanes of at least 4 members (excludes halogenated alkanes) is 1. The summed E-state index contributed by atoms with van der Waals surface area (Å²) in [6, 6.07) is 16.6. The minimum Gasteiger partial charge on any atom is -0.494 e. The third-order valence-corrected chi connectivity index (χ3v) is 6.27. The number of nitrogens with zero attached hydrogens (tertiary/aromatic N) is 3. The molecule has 0 aliphatic heterocycles. The van der Waals surface area contributed by atoms with Crippen LogP contribution in [0.15, 0.2) is 48.5 Å². The van der Waals surface area contributed by atoms with Gasteiger partial charge in [-0.2, -0.15) is 5.10 Å². The van der Waals surface area contributed by atoms with Crippen LogP contribution in [0.2, 0.25) is 0 Å². The Balaban J connectivity index is 1.61. The van der Waals surface area contributed by atoms with E-state index in [2.05, 4.69) is 70.3 Å². The minimum atomic E-state index is 0.616. The van der Waals surface area contributed by atoms with Crippen LogP contribution in [0.25, 0.3) is 16.5 Å². The van der Waals surface area contributed by atoms with Gasteiger partial charge in [-0.3, -0.25) is 0 Å². The zero-order chi connectivity index (χ0) is 24.1. The number of benzene rings is 2. The molecule has 0 aliphatic carbocycles. The van der Waals surface area contributed by atoms with E-state index in [1.165, 1.54) is 5.56 Å². The summed E-state index contributed by atoms with van der Waals surface area (Å²) in [5, 5.41) is 14.8. The molecule has 4 aromatic rings. The van der Waals surface area contributed by atoms with Gasteiger partial charge >= 0.3 is 0 Å². The summed E-state index contributed by atoms with van der Waals surface area (Å²) < 4.78 is 13.6. The quantitative estimate of drug-likeness (QED) is 0.287. The lowest BCUT2D eigenvalue weighted by atomic mass is 10.1. The molecule has 1 N–H and O–H groups in total. The standard InChI is InChI=1S/C28H34N4O2/c1-6-34-23-15-16-24(25(18-23)33-5)32-20(3)26-19(2)30-31-28(27(26)21(32)4)29-17-11-10-14-22-12-8-7-9-13-22/h7-9,12-13,15-16,18H,6,10-11,14,17H2,1-5H3,(H,29,31). The molecule has 6 heteroatoms. The minimum absolute atomic E-state index is 0.616. The number of aromatic nitrogens is 3. The largest absolute Gasteiger partial charge is 0.494 e. The van der Waals surface area contributed by atoms with Gasteiger partial charge in [0.2, 0.25) is 0 Å². The first-order valence-electron chi connectivity index (χ1n) is 12.0. The predicted octanol–water partition coefficient (Wildman–Crippen LogP) is 6.19. The molecule has 178 valence electrons. The smallest absolute Gasteiger partial charge is 0.158 e. The molecular formula is C28H34N4O2. The highest BCUT2D eigenvalue weighted by Gasteiger charge is 2.21. The molecule has 0 atom stereocenters. The molecule has 0 saturated carbocycles. The first kappa shape index (κ1) is 23.6. The van der Waals surface area contributed by atoms with E-state index in [-0.39, 0.29) is 0 Å². The van der Waals surface area contributed by atoms with Crippen LogP contribution in [-0.2, 0) is 6.42 Å². The monoisotopic (exact) mass is 458 g/mol. The van der Waals surface area contributed by atoms with Gasteiger partial charge in [-0.1, -0.05) is 30.3 Å². The summed E-state index contributed by atoms with van der Waals surface area (Å²) in [4.78, 5) is 0. The molecule has 0 aliphatic rings. The van der Waals surface area contributed by atoms with Gasteiger partial charge in [-0.25, -0.2) is 0 Å². The summed E-state index contributed by atoms with van der Waals surface area (Å²) in [6.07, 6.45) is 3.28. The Morgan fingerprint density at radius 2 is 1.68 bits per heavy atom. The fraction of sp³-hybridized carbons (Fsp3) is 0.357. The van der Waals surface area contributed by atoms with Gasteiger partial charge in [0, 0.05) is 34.8 Å². The molecular weight excluding hydrogens is 424 g/mol. The number of hydrogen-bond acceptors (Lipinski definition) is 5. The topological polar surface area (TPSA) is 61.2 Å². The Morgan fingerprint density at radius 1 is 0.912 bits per heavy atom. The van der Waals surface area contributed by atoms with Crippen LogP contribution in [0.3, 0.4) is 0 Å². The van der Waals surface area contributed by atoms with E-state index in [1.54, 1.807) is 7.11 Å². The van der Waals surface area contributed by atoms with Gasteiger partial charge in [0.15, 0.2) is 5.82 Å². The third-order valence-electron chi connectivity index (χ3n) is 6.27. The van der Waals surface area contributed by atoms with Crippen LogP contribution in [0, 0.1) is 20.8 Å². The normalized spacial score (nSPS) is 11.1. The summed E-state index contributed by atoms with van der Waals surface area (Å²) in [6.45, 7) is 9.73. The maximum absolute atomic E-state index is 5.73.